The maximum Gasteiger partial charge on any atom is 0.327 e. The van der Waals surface area contributed by atoms with E-state index in [1.165, 1.54) is 25.4 Å². The third kappa shape index (κ3) is 5.64. The van der Waals surface area contributed by atoms with E-state index in [9.17, 15) is 23.2 Å². The van der Waals surface area contributed by atoms with Gasteiger partial charge in [-0.3, -0.25) is 14.1 Å². The number of hydrogen-bond acceptors (Lipinski definition) is 12. The van der Waals surface area contributed by atoms with Crippen molar-refractivity contribution in [3.05, 3.63) is 46.4 Å². The molecule has 17 heteroatoms. The van der Waals surface area contributed by atoms with Crippen molar-refractivity contribution in [1.82, 2.24) is 25.3 Å². The zero-order chi connectivity index (χ0) is 27.1. The number of carbonyl (C=O) groups excluding carboxylic acids is 1. The lowest BCUT2D eigenvalue weighted by Crippen LogP contribution is -2.52. The van der Waals surface area contributed by atoms with Crippen LogP contribution in [0.1, 0.15) is 21.6 Å². The largest absolute Gasteiger partial charge is 0.606 e. The molecule has 1 aliphatic heterocycles. The SMILES string of the molecule is C[N+]([O-])(Cc1cnc2nc(N)nc(N)c2n1)N1CCc2cc(C(=O)N[C@@H](CS(=O)(=O)O)C(=O)O)ccc21. The highest BCUT2D eigenvalue weighted by Gasteiger charge is 2.32. The van der Waals surface area contributed by atoms with Crippen LogP contribution in [0.3, 0.4) is 0 Å². The zero-order valence-corrected chi connectivity index (χ0v) is 20.2. The number of hydroxylamine groups is 2. The van der Waals surface area contributed by atoms with Crippen LogP contribution in [0.4, 0.5) is 17.5 Å². The van der Waals surface area contributed by atoms with Gasteiger partial charge in [0.1, 0.15) is 24.0 Å². The highest BCUT2D eigenvalue weighted by molar-refractivity contribution is 7.85. The fraction of sp³-hybridized carbons (Fsp3) is 0.300. The number of aromatic nitrogens is 4. The summed E-state index contributed by atoms with van der Waals surface area (Å²) in [6, 6.07) is 2.59. The van der Waals surface area contributed by atoms with E-state index in [2.05, 4.69) is 25.3 Å². The number of nitrogens with two attached hydrogens (primary N) is 2. The Bertz CT molecular complexity index is 1510. The molecular formula is C20H23N9O7S. The highest BCUT2D eigenvalue weighted by Crippen LogP contribution is 2.33. The number of carboxylic acids is 1. The molecule has 7 N–H and O–H groups in total. The van der Waals surface area contributed by atoms with E-state index < -0.39 is 38.5 Å². The molecule has 3 aromatic rings. The third-order valence-corrected chi connectivity index (χ3v) is 6.42. The molecule has 196 valence electrons. The van der Waals surface area contributed by atoms with Gasteiger partial charge in [-0.05, 0) is 30.2 Å². The van der Waals surface area contributed by atoms with Crippen molar-refractivity contribution in [2.75, 3.05) is 35.8 Å². The lowest BCUT2D eigenvalue weighted by molar-refractivity contribution is -0.883. The summed E-state index contributed by atoms with van der Waals surface area (Å²) in [5, 5.41) is 26.4. The normalized spacial score (nSPS) is 15.7. The van der Waals surface area contributed by atoms with E-state index in [4.69, 9.17) is 21.1 Å². The smallest absolute Gasteiger partial charge is 0.327 e. The Labute approximate surface area is 209 Å². The van der Waals surface area contributed by atoms with E-state index in [1.807, 2.05) is 0 Å². The second-order valence-corrected chi connectivity index (χ2v) is 10.0. The summed E-state index contributed by atoms with van der Waals surface area (Å²) in [5.41, 5.74) is 13.5. The molecule has 0 saturated heterocycles. The van der Waals surface area contributed by atoms with E-state index in [0.717, 1.165) is 0 Å². The predicted octanol–water partition coefficient (Wildman–Crippen LogP) is -0.923. The molecule has 0 aliphatic carbocycles. The van der Waals surface area contributed by atoms with Crippen LogP contribution in [0.25, 0.3) is 11.2 Å². The fourth-order valence-corrected chi connectivity index (χ4v) is 4.68. The van der Waals surface area contributed by atoms with Gasteiger partial charge in [0.2, 0.25) is 5.95 Å². The molecular weight excluding hydrogens is 510 g/mol. The summed E-state index contributed by atoms with van der Waals surface area (Å²) in [6.07, 6.45) is 1.82. The minimum absolute atomic E-state index is 0.0380. The Balaban J connectivity index is 1.53. The van der Waals surface area contributed by atoms with Crippen LogP contribution in [0.2, 0.25) is 0 Å². The van der Waals surface area contributed by atoms with Crippen LogP contribution >= 0.6 is 0 Å². The number of aliphatic carboxylic acids is 1. The molecule has 16 nitrogen and oxygen atoms in total. The Morgan fingerprint density at radius 3 is 2.68 bits per heavy atom. The van der Waals surface area contributed by atoms with Crippen molar-refractivity contribution >= 4 is 50.6 Å². The number of nitrogens with zero attached hydrogens (tertiary/aromatic N) is 6. The topological polar surface area (TPSA) is 251 Å². The van der Waals surface area contributed by atoms with Gasteiger partial charge >= 0.3 is 5.97 Å². The zero-order valence-electron chi connectivity index (χ0n) is 19.4. The predicted molar refractivity (Wildman–Crippen MR) is 130 cm³/mol. The first kappa shape index (κ1) is 25.9. The van der Waals surface area contributed by atoms with Crippen molar-refractivity contribution in [3.63, 3.8) is 0 Å². The Kier molecular flexibility index (Phi) is 6.55. The standard InChI is InChI=1S/C20H23N9O7S/c1-29(33,8-12-7-23-17-15(24-12)16(21)26-20(22)27-17)28-5-4-10-6-11(2-3-14(10)28)18(30)25-13(19(31)32)9-37(34,35)36/h2-3,6-7,13H,4-5,8-9H2,1H3,(H,25,30)(H,31,32)(H,34,35,36)(H4,21,22,23,26,27)/t13-,29?/m0/s1. The van der Waals surface area contributed by atoms with Gasteiger partial charge in [0.25, 0.3) is 16.0 Å². The highest BCUT2D eigenvalue weighted by atomic mass is 32.2. The summed E-state index contributed by atoms with van der Waals surface area (Å²) < 4.78 is 30.1. The number of amides is 1. The number of nitrogen functional groups attached to an aromatic ring is 2. The summed E-state index contributed by atoms with van der Waals surface area (Å²) in [4.78, 5) is 40.2. The Morgan fingerprint density at radius 2 is 2.00 bits per heavy atom. The summed E-state index contributed by atoms with van der Waals surface area (Å²) in [5.74, 6) is -3.65. The quantitative estimate of drug-likeness (QED) is 0.133. The van der Waals surface area contributed by atoms with Gasteiger partial charge in [-0.1, -0.05) is 0 Å². The lowest BCUT2D eigenvalue weighted by atomic mass is 10.1. The number of benzene rings is 1. The summed E-state index contributed by atoms with van der Waals surface area (Å²) in [6.45, 7) is 0.216. The molecule has 1 aromatic carbocycles. The number of anilines is 3. The van der Waals surface area contributed by atoms with Gasteiger partial charge in [-0.15, -0.1) is 0 Å². The number of carbonyl (C=O) groups is 2. The molecule has 3 heterocycles. The molecule has 4 rings (SSSR count). The second kappa shape index (κ2) is 9.36. The van der Waals surface area contributed by atoms with Gasteiger partial charge < -0.3 is 27.1 Å². The van der Waals surface area contributed by atoms with Gasteiger partial charge in [0.05, 0.1) is 25.5 Å². The lowest BCUT2D eigenvalue weighted by Gasteiger charge is -2.45. The van der Waals surface area contributed by atoms with Crippen molar-refractivity contribution in [1.29, 1.82) is 0 Å². The van der Waals surface area contributed by atoms with Crippen LogP contribution in [-0.2, 0) is 27.9 Å². The van der Waals surface area contributed by atoms with E-state index >= 15 is 0 Å². The molecule has 0 saturated carbocycles. The monoisotopic (exact) mass is 533 g/mol. The molecule has 0 bridgehead atoms. The molecule has 1 unspecified atom stereocenters. The van der Waals surface area contributed by atoms with Gasteiger partial charge in [-0.2, -0.15) is 18.4 Å². The minimum Gasteiger partial charge on any atom is -0.606 e. The summed E-state index contributed by atoms with van der Waals surface area (Å²) in [7, 11) is -3.21. The maximum absolute atomic E-state index is 13.6. The van der Waals surface area contributed by atoms with Crippen molar-refractivity contribution in [3.8, 4) is 0 Å². The molecule has 2 aromatic heterocycles. The van der Waals surface area contributed by atoms with Gasteiger partial charge in [0.15, 0.2) is 17.0 Å². The third-order valence-electron chi connectivity index (χ3n) is 5.66. The molecule has 37 heavy (non-hydrogen) atoms. The van der Waals surface area contributed by atoms with Crippen LogP contribution in [0.5, 0.6) is 0 Å². The van der Waals surface area contributed by atoms with Crippen molar-refractivity contribution < 1.29 is 32.4 Å². The van der Waals surface area contributed by atoms with Crippen molar-refractivity contribution in [2.45, 2.75) is 19.0 Å². The number of hydrogen-bond donors (Lipinski definition) is 5. The first-order chi connectivity index (χ1) is 17.2. The molecule has 0 spiro atoms. The van der Waals surface area contributed by atoms with E-state index in [-0.39, 0.29) is 35.0 Å². The van der Waals surface area contributed by atoms with Crippen LogP contribution in [-0.4, -0.2) is 80.0 Å². The minimum atomic E-state index is -4.64. The number of nitrogens with one attached hydrogen (secondary N) is 1. The first-order valence-corrected chi connectivity index (χ1v) is 12.4. The molecule has 2 atom stereocenters. The average Bonchev–Trinajstić information content (AvgIpc) is 3.22. The second-order valence-electron chi connectivity index (χ2n) is 8.54. The maximum atomic E-state index is 13.6. The Morgan fingerprint density at radius 1 is 1.27 bits per heavy atom. The molecule has 1 amide bonds. The van der Waals surface area contributed by atoms with Crippen molar-refractivity contribution in [2.24, 2.45) is 0 Å². The molecule has 1 aliphatic rings. The first-order valence-electron chi connectivity index (χ1n) is 10.7. The molecule has 0 radical (unpaired) electrons. The van der Waals surface area contributed by atoms with Gasteiger partial charge in [0, 0.05) is 5.56 Å². The van der Waals surface area contributed by atoms with Crippen LogP contribution in [0, 0.1) is 5.21 Å². The van der Waals surface area contributed by atoms with E-state index in [0.29, 0.717) is 29.9 Å². The number of rotatable bonds is 8. The van der Waals surface area contributed by atoms with Gasteiger partial charge in [-0.25, -0.2) is 19.8 Å². The van der Waals surface area contributed by atoms with E-state index in [1.54, 1.807) is 11.1 Å². The fourth-order valence-electron chi connectivity index (χ4n) is 4.04. The number of quaternary nitrogens is 1. The van der Waals surface area contributed by atoms with Crippen LogP contribution < -0.4 is 21.8 Å². The average molecular weight is 534 g/mol. The summed E-state index contributed by atoms with van der Waals surface area (Å²) >= 11 is 0. The van der Waals surface area contributed by atoms with Crippen LogP contribution in [0.15, 0.2) is 24.4 Å². The Hall–Kier alpha value is -4.19. The molecule has 0 fully saturated rings. The number of fused-ring (bicyclic) bond motifs is 2. The number of carboxylic acid groups (broad SMARTS) is 1.